The molecule has 1 aliphatic heterocycles. The minimum atomic E-state index is -0.278. The van der Waals surface area contributed by atoms with Crippen LogP contribution in [0.1, 0.15) is 43.3 Å². The van der Waals surface area contributed by atoms with Crippen molar-refractivity contribution in [2.75, 3.05) is 30.1 Å². The number of methoxy groups -OCH3 is 1. The van der Waals surface area contributed by atoms with Gasteiger partial charge in [0.2, 0.25) is 5.82 Å². The maximum Gasteiger partial charge on any atom is 0.325 e. The van der Waals surface area contributed by atoms with E-state index in [2.05, 4.69) is 79.5 Å². The van der Waals surface area contributed by atoms with Crippen LogP contribution in [0, 0.1) is 0 Å². The van der Waals surface area contributed by atoms with Crippen molar-refractivity contribution >= 4 is 17.5 Å². The van der Waals surface area contributed by atoms with Gasteiger partial charge in [-0.2, -0.15) is 5.21 Å². The standard InChI is InChI=1S/C33H36N8O2/c1-3-4-6-15-30-34-33-29(21-39(26-11-7-5-8-12-26)23-40(33)22-31(42)43-2)41(30)20-24-16-18-25(19-17-24)27-13-9-10-14-28(27)32-35-37-38-36-32/h5,7-14,16-19H,3-4,6,15,20-23H2,1-2H3,(H,35,36,37,38). The molecular weight excluding hydrogens is 540 g/mol. The second-order valence-electron chi connectivity index (χ2n) is 10.8. The number of hydrogen-bond donors (Lipinski definition) is 1. The molecule has 10 nitrogen and oxygen atoms in total. The zero-order valence-electron chi connectivity index (χ0n) is 24.6. The van der Waals surface area contributed by atoms with Crippen molar-refractivity contribution in [3.63, 3.8) is 0 Å². The number of ether oxygens (including phenoxy) is 1. The van der Waals surface area contributed by atoms with Gasteiger partial charge in [-0.05, 0) is 40.5 Å². The maximum absolute atomic E-state index is 12.4. The number of carbonyl (C=O) groups excluding carboxylic acids is 1. The Balaban J connectivity index is 1.34. The van der Waals surface area contributed by atoms with E-state index in [0.717, 1.165) is 65.4 Å². The fourth-order valence-electron chi connectivity index (χ4n) is 5.68. The predicted octanol–water partition coefficient (Wildman–Crippen LogP) is 5.47. The van der Waals surface area contributed by atoms with Crippen LogP contribution in [0.15, 0.2) is 78.9 Å². The first-order chi connectivity index (χ1) is 21.1. The molecule has 0 unspecified atom stereocenters. The molecule has 220 valence electrons. The number of nitrogens with one attached hydrogen (secondary N) is 1. The van der Waals surface area contributed by atoms with Gasteiger partial charge in [-0.25, -0.2) is 4.98 Å². The SMILES string of the molecule is CCCCCc1nc2c(n1Cc1ccc(-c3ccccc3-c3nn[nH]n3)cc1)CN(c1ccccc1)CN2CC(=O)OC. The number of unbranched alkanes of at least 4 members (excludes halogenated alkanes) is 2. The molecule has 0 saturated carbocycles. The Morgan fingerprint density at radius 2 is 1.72 bits per heavy atom. The number of benzene rings is 3. The predicted molar refractivity (Wildman–Crippen MR) is 166 cm³/mol. The Bertz CT molecular complexity index is 1650. The van der Waals surface area contributed by atoms with Gasteiger partial charge >= 0.3 is 5.97 Å². The molecule has 0 fully saturated rings. The molecule has 1 N–H and O–H groups in total. The number of fused-ring (bicyclic) bond motifs is 1. The minimum absolute atomic E-state index is 0.146. The van der Waals surface area contributed by atoms with Gasteiger partial charge in [0.25, 0.3) is 0 Å². The van der Waals surface area contributed by atoms with Gasteiger partial charge in [0.05, 0.1) is 26.0 Å². The molecule has 5 aromatic rings. The van der Waals surface area contributed by atoms with Crippen molar-refractivity contribution < 1.29 is 9.53 Å². The first-order valence-corrected chi connectivity index (χ1v) is 14.8. The number of esters is 1. The fraction of sp³-hybridized carbons (Fsp3) is 0.303. The van der Waals surface area contributed by atoms with Gasteiger partial charge in [0.1, 0.15) is 12.4 Å². The largest absolute Gasteiger partial charge is 0.468 e. The van der Waals surface area contributed by atoms with E-state index in [1.54, 1.807) is 0 Å². The Morgan fingerprint density at radius 3 is 2.44 bits per heavy atom. The number of imidazole rings is 1. The molecule has 3 heterocycles. The van der Waals surface area contributed by atoms with Gasteiger partial charge in [0, 0.05) is 24.2 Å². The molecule has 0 saturated heterocycles. The Labute approximate surface area is 251 Å². The molecule has 0 radical (unpaired) electrons. The van der Waals surface area contributed by atoms with E-state index in [4.69, 9.17) is 9.72 Å². The summed E-state index contributed by atoms with van der Waals surface area (Å²) >= 11 is 0. The van der Waals surface area contributed by atoms with Gasteiger partial charge in [-0.1, -0.05) is 86.5 Å². The number of aromatic nitrogens is 6. The average Bonchev–Trinajstić information content (AvgIpc) is 3.71. The first kappa shape index (κ1) is 28.1. The molecule has 0 aliphatic carbocycles. The van der Waals surface area contributed by atoms with Crippen molar-refractivity contribution in [1.29, 1.82) is 0 Å². The topological polar surface area (TPSA) is 105 Å². The van der Waals surface area contributed by atoms with Gasteiger partial charge < -0.3 is 19.1 Å². The van der Waals surface area contributed by atoms with E-state index < -0.39 is 0 Å². The van der Waals surface area contributed by atoms with E-state index in [0.29, 0.717) is 25.6 Å². The number of aromatic amines is 1. The van der Waals surface area contributed by atoms with E-state index in [9.17, 15) is 4.79 Å². The quantitative estimate of drug-likeness (QED) is 0.163. The molecule has 10 heteroatoms. The summed E-state index contributed by atoms with van der Waals surface area (Å²) in [5, 5.41) is 14.6. The highest BCUT2D eigenvalue weighted by Gasteiger charge is 2.31. The second kappa shape index (κ2) is 12.9. The van der Waals surface area contributed by atoms with Crippen LogP contribution in [-0.4, -0.2) is 56.5 Å². The van der Waals surface area contributed by atoms with Crippen LogP contribution in [0.3, 0.4) is 0 Å². The van der Waals surface area contributed by atoms with E-state index in [1.807, 2.05) is 41.3 Å². The number of H-pyrrole nitrogens is 1. The third-order valence-electron chi connectivity index (χ3n) is 7.90. The van der Waals surface area contributed by atoms with Crippen LogP contribution in [-0.2, 0) is 29.0 Å². The first-order valence-electron chi connectivity index (χ1n) is 14.8. The zero-order valence-corrected chi connectivity index (χ0v) is 24.6. The van der Waals surface area contributed by atoms with Crippen LogP contribution < -0.4 is 9.80 Å². The number of tetrazole rings is 1. The van der Waals surface area contributed by atoms with Crippen LogP contribution in [0.5, 0.6) is 0 Å². The number of para-hydroxylation sites is 1. The van der Waals surface area contributed by atoms with E-state index >= 15 is 0 Å². The zero-order chi connectivity index (χ0) is 29.6. The van der Waals surface area contributed by atoms with E-state index in [-0.39, 0.29) is 12.5 Å². The maximum atomic E-state index is 12.4. The lowest BCUT2D eigenvalue weighted by Gasteiger charge is -2.37. The number of nitrogens with zero attached hydrogens (tertiary/aromatic N) is 7. The van der Waals surface area contributed by atoms with Gasteiger partial charge in [0.15, 0.2) is 5.82 Å². The molecule has 1 aliphatic rings. The summed E-state index contributed by atoms with van der Waals surface area (Å²) in [6, 6.07) is 27.0. The Hall–Kier alpha value is -4.99. The smallest absolute Gasteiger partial charge is 0.325 e. The van der Waals surface area contributed by atoms with Crippen LogP contribution in [0.25, 0.3) is 22.5 Å². The Kier molecular flexibility index (Phi) is 8.44. The lowest BCUT2D eigenvalue weighted by atomic mass is 9.98. The summed E-state index contributed by atoms with van der Waals surface area (Å²) in [4.78, 5) is 21.9. The number of anilines is 2. The summed E-state index contributed by atoms with van der Waals surface area (Å²) in [6.45, 7) is 4.31. The monoisotopic (exact) mass is 576 g/mol. The molecule has 43 heavy (non-hydrogen) atoms. The van der Waals surface area contributed by atoms with Gasteiger partial charge in [-0.3, -0.25) is 4.79 Å². The minimum Gasteiger partial charge on any atom is -0.468 e. The molecule has 0 bridgehead atoms. The molecule has 0 atom stereocenters. The highest BCUT2D eigenvalue weighted by Crippen LogP contribution is 2.33. The third-order valence-corrected chi connectivity index (χ3v) is 7.90. The van der Waals surface area contributed by atoms with Gasteiger partial charge in [-0.15, -0.1) is 10.2 Å². The van der Waals surface area contributed by atoms with Crippen LogP contribution in [0.4, 0.5) is 11.5 Å². The average molecular weight is 577 g/mol. The third kappa shape index (κ3) is 6.13. The second-order valence-corrected chi connectivity index (χ2v) is 10.8. The highest BCUT2D eigenvalue weighted by atomic mass is 16.5. The lowest BCUT2D eigenvalue weighted by Crippen LogP contribution is -2.45. The van der Waals surface area contributed by atoms with Crippen molar-refractivity contribution in [3.8, 4) is 22.5 Å². The Morgan fingerprint density at radius 1 is 0.953 bits per heavy atom. The van der Waals surface area contributed by atoms with Crippen molar-refractivity contribution in [2.24, 2.45) is 0 Å². The number of carbonyl (C=O) groups is 1. The molecular formula is C33H36N8O2. The molecule has 2 aromatic heterocycles. The summed E-state index contributed by atoms with van der Waals surface area (Å²) in [7, 11) is 1.43. The molecule has 0 spiro atoms. The summed E-state index contributed by atoms with van der Waals surface area (Å²) in [5.74, 6) is 2.21. The number of rotatable bonds is 11. The number of aryl methyl sites for hydroxylation is 1. The fourth-order valence-corrected chi connectivity index (χ4v) is 5.68. The highest BCUT2D eigenvalue weighted by molar-refractivity contribution is 5.80. The lowest BCUT2D eigenvalue weighted by molar-refractivity contribution is -0.139. The van der Waals surface area contributed by atoms with Crippen molar-refractivity contribution in [2.45, 2.75) is 45.7 Å². The summed E-state index contributed by atoms with van der Waals surface area (Å²) < 4.78 is 7.41. The number of hydrogen-bond acceptors (Lipinski definition) is 8. The normalized spacial score (nSPS) is 12.8. The molecule has 3 aromatic carbocycles. The van der Waals surface area contributed by atoms with Crippen molar-refractivity contribution in [1.82, 2.24) is 30.2 Å². The summed E-state index contributed by atoms with van der Waals surface area (Å²) in [5.41, 5.74) is 6.45. The molecule has 0 amide bonds. The summed E-state index contributed by atoms with van der Waals surface area (Å²) in [6.07, 6.45) is 4.24. The van der Waals surface area contributed by atoms with E-state index in [1.165, 1.54) is 12.7 Å². The van der Waals surface area contributed by atoms with Crippen molar-refractivity contribution in [3.05, 3.63) is 95.9 Å². The van der Waals surface area contributed by atoms with Crippen LogP contribution >= 0.6 is 0 Å². The van der Waals surface area contributed by atoms with Crippen LogP contribution in [0.2, 0.25) is 0 Å². The molecule has 6 rings (SSSR count).